The lowest BCUT2D eigenvalue weighted by atomic mass is 10.3. The van der Waals surface area contributed by atoms with Gasteiger partial charge in [-0.05, 0) is 31.2 Å². The number of rotatable bonds is 5. The van der Waals surface area contributed by atoms with Gasteiger partial charge in [0.15, 0.2) is 5.82 Å². The van der Waals surface area contributed by atoms with Crippen molar-refractivity contribution in [2.75, 3.05) is 24.3 Å². The Kier molecular flexibility index (Phi) is 3.96. The first-order valence-corrected chi connectivity index (χ1v) is 5.81. The molecule has 0 aliphatic rings. The summed E-state index contributed by atoms with van der Waals surface area (Å²) in [5.41, 5.74) is 0.945. The normalized spacial score (nSPS) is 9.89. The Bertz CT molecular complexity index is 499. The molecule has 0 fully saturated rings. The molecule has 0 atom stereocenters. The zero-order chi connectivity index (χ0) is 12.8. The molecule has 2 rings (SSSR count). The van der Waals surface area contributed by atoms with Gasteiger partial charge in [0.2, 0.25) is 0 Å². The highest BCUT2D eigenvalue weighted by molar-refractivity contribution is 5.57. The fourth-order valence-corrected chi connectivity index (χ4v) is 1.50. The summed E-state index contributed by atoms with van der Waals surface area (Å²) in [4.78, 5) is 8.42. The highest BCUT2D eigenvalue weighted by Crippen LogP contribution is 2.19. The molecule has 0 bridgehead atoms. The average molecular weight is 244 g/mol. The third-order valence-corrected chi connectivity index (χ3v) is 2.33. The van der Waals surface area contributed by atoms with E-state index >= 15 is 0 Å². The Balaban J connectivity index is 2.08. The largest absolute Gasteiger partial charge is 0.494 e. The second kappa shape index (κ2) is 5.86. The van der Waals surface area contributed by atoms with Crippen LogP contribution in [0.5, 0.6) is 5.75 Å². The summed E-state index contributed by atoms with van der Waals surface area (Å²) in [7, 11) is 1.81. The molecule has 0 amide bonds. The van der Waals surface area contributed by atoms with Crippen LogP contribution in [0.2, 0.25) is 0 Å². The molecular weight excluding hydrogens is 228 g/mol. The van der Waals surface area contributed by atoms with E-state index in [9.17, 15) is 0 Å². The van der Waals surface area contributed by atoms with Crippen molar-refractivity contribution in [3.63, 3.8) is 0 Å². The van der Waals surface area contributed by atoms with Gasteiger partial charge < -0.3 is 15.4 Å². The Labute approximate surface area is 106 Å². The summed E-state index contributed by atoms with van der Waals surface area (Å²) in [6.07, 6.45) is 3.35. The van der Waals surface area contributed by atoms with Crippen molar-refractivity contribution in [1.82, 2.24) is 9.97 Å². The standard InChI is InChI=1S/C13H16N4O/c1-3-18-11-6-4-10(5-7-11)16-13-9-15-8-12(14-2)17-13/h4-9H,3H2,1-2H3,(H2,14,16,17). The average Bonchev–Trinajstić information content (AvgIpc) is 2.42. The molecule has 0 radical (unpaired) electrons. The smallest absolute Gasteiger partial charge is 0.151 e. The summed E-state index contributed by atoms with van der Waals surface area (Å²) in [6.45, 7) is 2.63. The quantitative estimate of drug-likeness (QED) is 0.846. The van der Waals surface area contributed by atoms with E-state index in [0.29, 0.717) is 12.4 Å². The summed E-state index contributed by atoms with van der Waals surface area (Å²) < 4.78 is 5.38. The van der Waals surface area contributed by atoms with Crippen LogP contribution >= 0.6 is 0 Å². The summed E-state index contributed by atoms with van der Waals surface area (Å²) in [6, 6.07) is 7.72. The van der Waals surface area contributed by atoms with Crippen LogP contribution < -0.4 is 15.4 Å². The molecule has 2 N–H and O–H groups in total. The molecule has 0 spiro atoms. The Morgan fingerprint density at radius 1 is 1.11 bits per heavy atom. The molecular formula is C13H16N4O. The maximum atomic E-state index is 5.38. The van der Waals surface area contributed by atoms with E-state index in [1.54, 1.807) is 12.4 Å². The van der Waals surface area contributed by atoms with E-state index in [4.69, 9.17) is 4.74 Å². The van der Waals surface area contributed by atoms with Gasteiger partial charge in [-0.2, -0.15) is 0 Å². The van der Waals surface area contributed by atoms with E-state index in [2.05, 4.69) is 20.6 Å². The number of hydrogen-bond donors (Lipinski definition) is 2. The van der Waals surface area contributed by atoms with E-state index in [-0.39, 0.29) is 0 Å². The first-order valence-electron chi connectivity index (χ1n) is 5.81. The zero-order valence-electron chi connectivity index (χ0n) is 10.5. The predicted octanol–water partition coefficient (Wildman–Crippen LogP) is 2.66. The van der Waals surface area contributed by atoms with Gasteiger partial charge in [-0.3, -0.25) is 4.98 Å². The van der Waals surface area contributed by atoms with Gasteiger partial charge in [-0.1, -0.05) is 0 Å². The van der Waals surface area contributed by atoms with Crippen molar-refractivity contribution in [2.45, 2.75) is 6.92 Å². The summed E-state index contributed by atoms with van der Waals surface area (Å²) in [5, 5.41) is 6.12. The van der Waals surface area contributed by atoms with Gasteiger partial charge in [0, 0.05) is 12.7 Å². The molecule has 5 nitrogen and oxygen atoms in total. The first-order chi connectivity index (χ1) is 8.81. The number of hydrogen-bond acceptors (Lipinski definition) is 5. The number of anilines is 3. The van der Waals surface area contributed by atoms with Gasteiger partial charge in [-0.25, -0.2) is 4.98 Å². The Hall–Kier alpha value is -2.30. The van der Waals surface area contributed by atoms with E-state index < -0.39 is 0 Å². The highest BCUT2D eigenvalue weighted by Gasteiger charge is 1.99. The number of ether oxygens (including phenoxy) is 1. The van der Waals surface area contributed by atoms with Crippen LogP contribution in [0.15, 0.2) is 36.7 Å². The van der Waals surface area contributed by atoms with Crippen molar-refractivity contribution in [1.29, 1.82) is 0 Å². The van der Waals surface area contributed by atoms with Crippen molar-refractivity contribution in [3.8, 4) is 5.75 Å². The van der Waals surface area contributed by atoms with Crippen LogP contribution in [0.1, 0.15) is 6.92 Å². The Morgan fingerprint density at radius 2 is 1.83 bits per heavy atom. The van der Waals surface area contributed by atoms with Crippen molar-refractivity contribution in [3.05, 3.63) is 36.7 Å². The zero-order valence-corrected chi connectivity index (χ0v) is 10.5. The fraction of sp³-hybridized carbons (Fsp3) is 0.231. The molecule has 0 saturated carbocycles. The van der Waals surface area contributed by atoms with Crippen LogP contribution in [0, 0.1) is 0 Å². The number of nitrogens with one attached hydrogen (secondary N) is 2. The van der Waals surface area contributed by atoms with Crippen LogP contribution in [0.25, 0.3) is 0 Å². The fourth-order valence-electron chi connectivity index (χ4n) is 1.50. The lowest BCUT2D eigenvalue weighted by Gasteiger charge is -2.08. The van der Waals surface area contributed by atoms with E-state index in [1.165, 1.54) is 0 Å². The van der Waals surface area contributed by atoms with Crippen LogP contribution in [0.3, 0.4) is 0 Å². The number of aromatic nitrogens is 2. The SMILES string of the molecule is CCOc1ccc(Nc2cncc(NC)n2)cc1. The van der Waals surface area contributed by atoms with Gasteiger partial charge in [0.25, 0.3) is 0 Å². The van der Waals surface area contributed by atoms with Gasteiger partial charge >= 0.3 is 0 Å². The Morgan fingerprint density at radius 3 is 2.50 bits per heavy atom. The lowest BCUT2D eigenvalue weighted by Crippen LogP contribution is -1.99. The molecule has 0 unspecified atom stereocenters. The van der Waals surface area contributed by atoms with Crippen LogP contribution in [-0.2, 0) is 0 Å². The monoisotopic (exact) mass is 244 g/mol. The number of benzene rings is 1. The lowest BCUT2D eigenvalue weighted by molar-refractivity contribution is 0.340. The van der Waals surface area contributed by atoms with E-state index in [1.807, 2.05) is 38.2 Å². The highest BCUT2D eigenvalue weighted by atomic mass is 16.5. The minimum Gasteiger partial charge on any atom is -0.494 e. The number of nitrogens with zero attached hydrogens (tertiary/aromatic N) is 2. The van der Waals surface area contributed by atoms with Gasteiger partial charge in [-0.15, -0.1) is 0 Å². The summed E-state index contributed by atoms with van der Waals surface area (Å²) in [5.74, 6) is 2.29. The van der Waals surface area contributed by atoms with Gasteiger partial charge in [0.1, 0.15) is 11.6 Å². The molecule has 1 aromatic heterocycles. The molecule has 1 aromatic carbocycles. The molecule has 2 aromatic rings. The maximum Gasteiger partial charge on any atom is 0.151 e. The third-order valence-electron chi connectivity index (χ3n) is 2.33. The van der Waals surface area contributed by atoms with Crippen LogP contribution in [0.4, 0.5) is 17.3 Å². The second-order valence-electron chi connectivity index (χ2n) is 3.62. The molecule has 0 aliphatic carbocycles. The predicted molar refractivity (Wildman–Crippen MR) is 72.5 cm³/mol. The first kappa shape index (κ1) is 12.2. The minimum atomic E-state index is 0.669. The molecule has 0 saturated heterocycles. The maximum absolute atomic E-state index is 5.38. The molecule has 94 valence electrons. The molecule has 1 heterocycles. The molecule has 5 heteroatoms. The van der Waals surface area contributed by atoms with Gasteiger partial charge in [0.05, 0.1) is 19.0 Å². The van der Waals surface area contributed by atoms with Crippen molar-refractivity contribution < 1.29 is 4.74 Å². The minimum absolute atomic E-state index is 0.669. The van der Waals surface area contributed by atoms with Crippen molar-refractivity contribution >= 4 is 17.3 Å². The molecule has 0 aliphatic heterocycles. The summed E-state index contributed by atoms with van der Waals surface area (Å²) >= 11 is 0. The van der Waals surface area contributed by atoms with Crippen molar-refractivity contribution in [2.24, 2.45) is 0 Å². The molecule has 18 heavy (non-hydrogen) atoms. The third kappa shape index (κ3) is 3.10. The topological polar surface area (TPSA) is 59.1 Å². The van der Waals surface area contributed by atoms with E-state index in [0.717, 1.165) is 17.3 Å². The second-order valence-corrected chi connectivity index (χ2v) is 3.62. The van der Waals surface area contributed by atoms with Crippen LogP contribution in [-0.4, -0.2) is 23.6 Å².